The highest BCUT2D eigenvalue weighted by atomic mass is 35.5. The van der Waals surface area contributed by atoms with Crippen molar-refractivity contribution < 1.29 is 19.1 Å². The molecule has 2 amide bonds. The Morgan fingerprint density at radius 1 is 1.20 bits per heavy atom. The Kier molecular flexibility index (Phi) is 4.86. The summed E-state index contributed by atoms with van der Waals surface area (Å²) in [7, 11) is 0. The van der Waals surface area contributed by atoms with Crippen LogP contribution in [0.3, 0.4) is 0 Å². The second-order valence-electron chi connectivity index (χ2n) is 7.30. The molecule has 0 aromatic heterocycles. The number of nitrogens with zero attached hydrogens (tertiary/aromatic N) is 2. The van der Waals surface area contributed by atoms with E-state index in [2.05, 4.69) is 10.5 Å². The number of anilines is 1. The molecule has 0 saturated carbocycles. The highest BCUT2D eigenvalue weighted by Gasteiger charge is 2.67. The van der Waals surface area contributed by atoms with Crippen molar-refractivity contribution in [3.63, 3.8) is 0 Å². The quantitative estimate of drug-likeness (QED) is 0.601. The van der Waals surface area contributed by atoms with Gasteiger partial charge in [0.2, 0.25) is 5.91 Å². The molecule has 2 aliphatic rings. The van der Waals surface area contributed by atoms with E-state index in [0.29, 0.717) is 21.8 Å². The van der Waals surface area contributed by atoms with Crippen molar-refractivity contribution in [2.24, 2.45) is 11.0 Å². The number of nitrogens with one attached hydrogen (secondary N) is 1. The molecule has 30 heavy (non-hydrogen) atoms. The van der Waals surface area contributed by atoms with Crippen LogP contribution in [0.2, 0.25) is 5.02 Å². The first-order valence-corrected chi connectivity index (χ1v) is 9.93. The number of carbonyl (C=O) groups is 3. The zero-order valence-electron chi connectivity index (χ0n) is 16.7. The minimum absolute atomic E-state index is 0.113. The van der Waals surface area contributed by atoms with Gasteiger partial charge in [0.05, 0.1) is 12.3 Å². The van der Waals surface area contributed by atoms with Gasteiger partial charge >= 0.3 is 5.97 Å². The van der Waals surface area contributed by atoms with Crippen LogP contribution in [0.25, 0.3) is 0 Å². The van der Waals surface area contributed by atoms with E-state index in [1.54, 1.807) is 44.2 Å². The number of benzene rings is 2. The number of carbonyl (C=O) groups excluding carboxylic acids is 3. The first-order chi connectivity index (χ1) is 14.3. The maximum atomic E-state index is 13.8. The minimum atomic E-state index is -1.53. The van der Waals surface area contributed by atoms with Crippen molar-refractivity contribution >= 4 is 40.8 Å². The van der Waals surface area contributed by atoms with Crippen LogP contribution in [-0.4, -0.2) is 30.1 Å². The Balaban J connectivity index is 1.90. The lowest BCUT2D eigenvalue weighted by Crippen LogP contribution is -2.48. The van der Waals surface area contributed by atoms with Crippen molar-refractivity contribution in [1.82, 2.24) is 5.43 Å². The Labute approximate surface area is 178 Å². The van der Waals surface area contributed by atoms with Crippen LogP contribution >= 0.6 is 11.6 Å². The fourth-order valence-corrected chi connectivity index (χ4v) is 4.14. The minimum Gasteiger partial charge on any atom is -0.461 e. The molecule has 0 bridgehead atoms. The van der Waals surface area contributed by atoms with Gasteiger partial charge in [-0.2, -0.15) is 5.10 Å². The van der Waals surface area contributed by atoms with Crippen LogP contribution in [0, 0.1) is 19.8 Å². The topological polar surface area (TPSA) is 88.1 Å². The Morgan fingerprint density at radius 2 is 1.90 bits per heavy atom. The average Bonchev–Trinajstić information content (AvgIpc) is 3.22. The normalized spacial score (nSPS) is 22.6. The van der Waals surface area contributed by atoms with Gasteiger partial charge in [-0.05, 0) is 44.0 Å². The molecule has 1 fully saturated rings. The highest BCUT2D eigenvalue weighted by Crippen LogP contribution is 2.46. The van der Waals surface area contributed by atoms with Gasteiger partial charge in [-0.25, -0.2) is 9.69 Å². The van der Waals surface area contributed by atoms with Crippen LogP contribution in [0.5, 0.6) is 0 Å². The van der Waals surface area contributed by atoms with E-state index >= 15 is 0 Å². The van der Waals surface area contributed by atoms with Gasteiger partial charge in [-0.1, -0.05) is 47.5 Å². The van der Waals surface area contributed by atoms with Crippen molar-refractivity contribution in [3.8, 4) is 0 Å². The molecule has 2 aromatic rings. The fourth-order valence-electron chi connectivity index (χ4n) is 3.97. The number of ether oxygens (including phenoxy) is 1. The predicted molar refractivity (Wildman–Crippen MR) is 112 cm³/mol. The second kappa shape index (κ2) is 7.25. The summed E-state index contributed by atoms with van der Waals surface area (Å²) in [4.78, 5) is 41.0. The van der Waals surface area contributed by atoms with Crippen molar-refractivity contribution in [2.75, 3.05) is 11.5 Å². The highest BCUT2D eigenvalue weighted by molar-refractivity contribution is 6.47. The van der Waals surface area contributed by atoms with Gasteiger partial charge in [0.1, 0.15) is 5.92 Å². The Morgan fingerprint density at radius 3 is 2.57 bits per heavy atom. The average molecular weight is 426 g/mol. The molecule has 4 rings (SSSR count). The third-order valence-corrected chi connectivity index (χ3v) is 5.95. The third-order valence-electron chi connectivity index (χ3n) is 5.54. The zero-order valence-corrected chi connectivity index (χ0v) is 17.5. The lowest BCUT2D eigenvalue weighted by molar-refractivity contribution is -0.136. The number of hydrogen-bond donors (Lipinski definition) is 1. The van der Waals surface area contributed by atoms with E-state index in [0.717, 1.165) is 10.5 Å². The third kappa shape index (κ3) is 2.73. The summed E-state index contributed by atoms with van der Waals surface area (Å²) in [5.41, 5.74) is 3.68. The maximum absolute atomic E-state index is 13.8. The number of aryl methyl sites for hydroxylation is 1. The first kappa shape index (κ1) is 20.1. The number of halogens is 1. The molecule has 1 saturated heterocycles. The van der Waals surface area contributed by atoms with Crippen LogP contribution < -0.4 is 10.3 Å². The molecule has 2 heterocycles. The SMILES string of the molecule is CCOC(=O)C1=NNC2(c3ccc(C)cc3)C(=O)N(c3cccc(Cl)c3C)C(=O)C12. The van der Waals surface area contributed by atoms with Crippen molar-refractivity contribution in [1.29, 1.82) is 0 Å². The molecule has 0 aliphatic carbocycles. The number of imide groups is 1. The molecule has 1 N–H and O–H groups in total. The fraction of sp³-hybridized carbons (Fsp3) is 0.273. The van der Waals surface area contributed by atoms with Crippen molar-refractivity contribution in [2.45, 2.75) is 26.3 Å². The summed E-state index contributed by atoms with van der Waals surface area (Å²) in [6, 6.07) is 12.2. The molecule has 2 aromatic carbocycles. The molecule has 154 valence electrons. The van der Waals surface area contributed by atoms with Crippen LogP contribution in [0.1, 0.15) is 23.6 Å². The van der Waals surface area contributed by atoms with E-state index in [1.807, 2.05) is 19.1 Å². The summed E-state index contributed by atoms with van der Waals surface area (Å²) in [6.07, 6.45) is 0. The smallest absolute Gasteiger partial charge is 0.355 e. The summed E-state index contributed by atoms with van der Waals surface area (Å²) < 4.78 is 5.09. The van der Waals surface area contributed by atoms with E-state index < -0.39 is 29.2 Å². The van der Waals surface area contributed by atoms with Gasteiger partial charge in [-0.15, -0.1) is 0 Å². The molecule has 0 radical (unpaired) electrons. The molecule has 2 unspecified atom stereocenters. The number of rotatable bonds is 4. The monoisotopic (exact) mass is 425 g/mol. The second-order valence-corrected chi connectivity index (χ2v) is 7.71. The summed E-state index contributed by atoms with van der Waals surface area (Å²) in [5.74, 6) is -2.95. The number of hydrogen-bond acceptors (Lipinski definition) is 6. The molecular formula is C22H20ClN3O4. The Hall–Kier alpha value is -3.19. The molecule has 2 aliphatic heterocycles. The van der Waals surface area contributed by atoms with E-state index in [4.69, 9.17) is 16.3 Å². The van der Waals surface area contributed by atoms with Gasteiger partial charge in [0, 0.05) is 5.02 Å². The number of fused-ring (bicyclic) bond motifs is 1. The zero-order chi connectivity index (χ0) is 21.6. The lowest BCUT2D eigenvalue weighted by Gasteiger charge is -2.26. The van der Waals surface area contributed by atoms with Gasteiger partial charge in [-0.3, -0.25) is 15.0 Å². The molecule has 7 nitrogen and oxygen atoms in total. The van der Waals surface area contributed by atoms with E-state index in [9.17, 15) is 14.4 Å². The van der Waals surface area contributed by atoms with Crippen LogP contribution in [0.15, 0.2) is 47.6 Å². The molecular weight excluding hydrogens is 406 g/mol. The lowest BCUT2D eigenvalue weighted by atomic mass is 9.78. The van der Waals surface area contributed by atoms with Crippen LogP contribution in [0.4, 0.5) is 5.69 Å². The molecule has 8 heteroatoms. The summed E-state index contributed by atoms with van der Waals surface area (Å²) >= 11 is 6.24. The largest absolute Gasteiger partial charge is 0.461 e. The standard InChI is InChI=1S/C22H20ClN3O4/c1-4-30-20(28)18-17-19(27)26(16-7-5-6-15(23)13(16)3)21(29)22(17,25-24-18)14-10-8-12(2)9-11-14/h5-11,17,25H,4H2,1-3H3. The van der Waals surface area contributed by atoms with Gasteiger partial charge in [0.25, 0.3) is 5.91 Å². The first-order valence-electron chi connectivity index (χ1n) is 9.55. The van der Waals surface area contributed by atoms with Gasteiger partial charge < -0.3 is 4.74 Å². The van der Waals surface area contributed by atoms with E-state index in [1.165, 1.54) is 0 Å². The van der Waals surface area contributed by atoms with E-state index in [-0.39, 0.29) is 12.3 Å². The molecule has 0 spiro atoms. The number of esters is 1. The summed E-state index contributed by atoms with van der Waals surface area (Å²) in [5, 5.41) is 4.51. The summed E-state index contributed by atoms with van der Waals surface area (Å²) in [6.45, 7) is 5.45. The van der Waals surface area contributed by atoms with Crippen LogP contribution in [-0.2, 0) is 24.7 Å². The van der Waals surface area contributed by atoms with Gasteiger partial charge in [0.15, 0.2) is 11.3 Å². The Bertz CT molecular complexity index is 1100. The predicted octanol–water partition coefficient (Wildman–Crippen LogP) is 2.86. The number of hydrazone groups is 1. The van der Waals surface area contributed by atoms with Crippen molar-refractivity contribution in [3.05, 3.63) is 64.2 Å². The maximum Gasteiger partial charge on any atom is 0.355 e. The molecule has 2 atom stereocenters. The number of amides is 2.